The smallest absolute Gasteiger partial charge is 0.180 e. The highest BCUT2D eigenvalue weighted by atomic mass is 32.2. The number of sulfone groups is 1. The highest BCUT2D eigenvalue weighted by Gasteiger charge is 2.06. The van der Waals surface area contributed by atoms with Crippen LogP contribution in [0.2, 0.25) is 0 Å². The van der Waals surface area contributed by atoms with Gasteiger partial charge in [0.05, 0.1) is 18.5 Å². The van der Waals surface area contributed by atoms with Crippen molar-refractivity contribution >= 4 is 9.84 Å². The first-order valence-electron chi connectivity index (χ1n) is 4.42. The molecule has 0 atom stereocenters. The van der Waals surface area contributed by atoms with E-state index in [4.69, 9.17) is 4.42 Å². The lowest BCUT2D eigenvalue weighted by molar-refractivity contribution is 0.482. The number of oxazole rings is 1. The summed E-state index contributed by atoms with van der Waals surface area (Å²) in [4.78, 5) is 3.74. The molecule has 0 fully saturated rings. The number of nitrogens with one attached hydrogen (secondary N) is 1. The molecule has 14 heavy (non-hydrogen) atoms. The van der Waals surface area contributed by atoms with E-state index >= 15 is 0 Å². The van der Waals surface area contributed by atoms with Crippen molar-refractivity contribution < 1.29 is 12.8 Å². The van der Waals surface area contributed by atoms with Gasteiger partial charge in [-0.1, -0.05) is 6.92 Å². The third-order valence-corrected chi connectivity index (χ3v) is 3.52. The Kier molecular flexibility index (Phi) is 4.09. The summed E-state index contributed by atoms with van der Waals surface area (Å²) in [6.07, 6.45) is 2.95. The second kappa shape index (κ2) is 5.11. The number of hydrogen-bond donors (Lipinski definition) is 1. The summed E-state index contributed by atoms with van der Waals surface area (Å²) < 4.78 is 27.1. The van der Waals surface area contributed by atoms with E-state index in [1.54, 1.807) is 13.1 Å². The molecule has 0 spiro atoms. The maximum atomic E-state index is 11.1. The van der Waals surface area contributed by atoms with Crippen LogP contribution in [0.4, 0.5) is 0 Å². The molecule has 0 aliphatic heterocycles. The molecular weight excluding hydrogens is 204 g/mol. The quantitative estimate of drug-likeness (QED) is 0.690. The minimum atomic E-state index is -2.87. The van der Waals surface area contributed by atoms with Crippen molar-refractivity contribution in [3.63, 3.8) is 0 Å². The fourth-order valence-electron chi connectivity index (χ4n) is 0.913. The first-order chi connectivity index (χ1) is 6.64. The van der Waals surface area contributed by atoms with Crippen LogP contribution in [-0.2, 0) is 16.4 Å². The largest absolute Gasteiger partial charge is 0.447 e. The molecule has 0 unspecified atom stereocenters. The predicted molar refractivity (Wildman–Crippen MR) is 52.5 cm³/mol. The lowest BCUT2D eigenvalue weighted by Crippen LogP contribution is -2.23. The van der Waals surface area contributed by atoms with E-state index in [0.29, 0.717) is 18.8 Å². The van der Waals surface area contributed by atoms with Gasteiger partial charge in [0.25, 0.3) is 0 Å². The molecule has 0 aliphatic carbocycles. The van der Waals surface area contributed by atoms with E-state index in [0.717, 1.165) is 0 Å². The zero-order valence-electron chi connectivity index (χ0n) is 8.06. The highest BCUT2D eigenvalue weighted by Crippen LogP contribution is 1.94. The van der Waals surface area contributed by atoms with Crippen molar-refractivity contribution in [1.29, 1.82) is 0 Å². The summed E-state index contributed by atoms with van der Waals surface area (Å²) in [5, 5.41) is 2.97. The molecule has 0 amide bonds. The average Bonchev–Trinajstić information content (AvgIpc) is 2.65. The van der Waals surface area contributed by atoms with Crippen LogP contribution in [0, 0.1) is 0 Å². The van der Waals surface area contributed by atoms with Crippen LogP contribution in [0.5, 0.6) is 0 Å². The first kappa shape index (κ1) is 11.2. The number of aromatic nitrogens is 1. The molecular formula is C8H14N2O3S. The summed E-state index contributed by atoms with van der Waals surface area (Å²) in [7, 11) is -2.87. The lowest BCUT2D eigenvalue weighted by Gasteiger charge is -2.02. The molecule has 0 aromatic carbocycles. The van der Waals surface area contributed by atoms with Crippen LogP contribution in [0.1, 0.15) is 12.7 Å². The van der Waals surface area contributed by atoms with Crippen molar-refractivity contribution in [2.75, 3.05) is 18.1 Å². The summed E-state index contributed by atoms with van der Waals surface area (Å²) in [5.41, 5.74) is 0. The Balaban J connectivity index is 2.17. The molecule has 1 aromatic rings. The van der Waals surface area contributed by atoms with Crippen molar-refractivity contribution in [2.45, 2.75) is 13.5 Å². The van der Waals surface area contributed by atoms with Crippen LogP contribution in [0.25, 0.3) is 0 Å². The number of nitrogens with zero attached hydrogens (tertiary/aromatic N) is 1. The molecule has 6 heteroatoms. The molecule has 1 N–H and O–H groups in total. The van der Waals surface area contributed by atoms with Gasteiger partial charge in [-0.15, -0.1) is 0 Å². The Labute approximate surface area is 83.4 Å². The maximum absolute atomic E-state index is 11.1. The van der Waals surface area contributed by atoms with Gasteiger partial charge in [0, 0.05) is 12.3 Å². The summed E-state index contributed by atoms with van der Waals surface area (Å²) >= 11 is 0. The van der Waals surface area contributed by atoms with Gasteiger partial charge in [-0.25, -0.2) is 13.4 Å². The summed E-state index contributed by atoms with van der Waals surface area (Å²) in [6.45, 7) is 2.60. The minimum absolute atomic E-state index is 0.164. The Morgan fingerprint density at radius 2 is 2.36 bits per heavy atom. The van der Waals surface area contributed by atoms with E-state index in [-0.39, 0.29) is 11.5 Å². The summed E-state index contributed by atoms with van der Waals surface area (Å²) in [6, 6.07) is 0. The van der Waals surface area contributed by atoms with E-state index in [1.807, 2.05) is 0 Å². The Hall–Kier alpha value is -0.880. The molecule has 0 aliphatic rings. The standard InChI is InChI=1S/C8H14N2O3S/c1-2-14(11,12)4-3-9-5-8-6-10-7-13-8/h6-7,9H,2-5H2,1H3. The van der Waals surface area contributed by atoms with Gasteiger partial charge in [0.15, 0.2) is 16.2 Å². The van der Waals surface area contributed by atoms with E-state index < -0.39 is 9.84 Å². The molecule has 0 bridgehead atoms. The van der Waals surface area contributed by atoms with Gasteiger partial charge in [0.1, 0.15) is 5.76 Å². The molecule has 0 saturated carbocycles. The molecule has 5 nitrogen and oxygen atoms in total. The van der Waals surface area contributed by atoms with E-state index in [1.165, 1.54) is 6.39 Å². The van der Waals surface area contributed by atoms with Gasteiger partial charge in [-0.05, 0) is 0 Å². The minimum Gasteiger partial charge on any atom is -0.447 e. The molecule has 80 valence electrons. The zero-order chi connectivity index (χ0) is 10.4. The SMILES string of the molecule is CCS(=O)(=O)CCNCc1cnco1. The van der Waals surface area contributed by atoms with E-state index in [2.05, 4.69) is 10.3 Å². The predicted octanol–water partition coefficient (Wildman–Crippen LogP) is 0.199. The van der Waals surface area contributed by atoms with Crippen LogP contribution in [0.15, 0.2) is 17.0 Å². The summed E-state index contributed by atoms with van der Waals surface area (Å²) in [5.74, 6) is 1.06. The monoisotopic (exact) mass is 218 g/mol. The second-order valence-corrected chi connectivity index (χ2v) is 5.35. The van der Waals surface area contributed by atoms with E-state index in [9.17, 15) is 8.42 Å². The normalized spacial score (nSPS) is 11.8. The van der Waals surface area contributed by atoms with Crippen molar-refractivity contribution in [3.8, 4) is 0 Å². The third kappa shape index (κ3) is 3.89. The van der Waals surface area contributed by atoms with Gasteiger partial charge >= 0.3 is 0 Å². The number of hydrogen-bond acceptors (Lipinski definition) is 5. The van der Waals surface area contributed by atoms with Crippen LogP contribution in [-0.4, -0.2) is 31.5 Å². The Morgan fingerprint density at radius 1 is 1.57 bits per heavy atom. The first-order valence-corrected chi connectivity index (χ1v) is 6.24. The Bertz CT molecular complexity index is 345. The zero-order valence-corrected chi connectivity index (χ0v) is 8.88. The molecule has 1 rings (SSSR count). The Morgan fingerprint density at radius 3 is 2.93 bits per heavy atom. The topological polar surface area (TPSA) is 72.2 Å². The van der Waals surface area contributed by atoms with Gasteiger partial charge in [0.2, 0.25) is 0 Å². The van der Waals surface area contributed by atoms with Crippen LogP contribution >= 0.6 is 0 Å². The molecule has 0 radical (unpaired) electrons. The maximum Gasteiger partial charge on any atom is 0.180 e. The van der Waals surface area contributed by atoms with Gasteiger partial charge < -0.3 is 9.73 Å². The van der Waals surface area contributed by atoms with Crippen molar-refractivity contribution in [1.82, 2.24) is 10.3 Å². The third-order valence-electron chi connectivity index (χ3n) is 1.81. The average molecular weight is 218 g/mol. The second-order valence-electron chi connectivity index (χ2n) is 2.88. The van der Waals surface area contributed by atoms with Crippen LogP contribution in [0.3, 0.4) is 0 Å². The van der Waals surface area contributed by atoms with Crippen LogP contribution < -0.4 is 5.32 Å². The van der Waals surface area contributed by atoms with Crippen molar-refractivity contribution in [3.05, 3.63) is 18.4 Å². The van der Waals surface area contributed by atoms with Gasteiger partial charge in [-0.3, -0.25) is 0 Å². The van der Waals surface area contributed by atoms with Crippen molar-refractivity contribution in [2.24, 2.45) is 0 Å². The molecule has 1 aromatic heterocycles. The van der Waals surface area contributed by atoms with Gasteiger partial charge in [-0.2, -0.15) is 0 Å². The molecule has 1 heterocycles. The molecule has 0 saturated heterocycles. The lowest BCUT2D eigenvalue weighted by atomic mass is 10.5. The fraction of sp³-hybridized carbons (Fsp3) is 0.625. The number of rotatable bonds is 6. The fourth-order valence-corrected chi connectivity index (χ4v) is 1.66. The highest BCUT2D eigenvalue weighted by molar-refractivity contribution is 7.91.